The molecular weight excluding hydrogens is 169 g/mol. The van der Waals surface area contributed by atoms with Crippen LogP contribution in [0.1, 0.15) is 12.5 Å². The molecule has 0 bridgehead atoms. The normalized spacial score (nSPS) is 9.69. The SMILES string of the molecule is CCc1cc(F)ccc1NCC=O. The van der Waals surface area contributed by atoms with Gasteiger partial charge in [0.15, 0.2) is 0 Å². The Balaban J connectivity index is 2.85. The fraction of sp³-hybridized carbons (Fsp3) is 0.300. The molecule has 3 heteroatoms. The average molecular weight is 181 g/mol. The lowest BCUT2D eigenvalue weighted by molar-refractivity contribution is -0.106. The summed E-state index contributed by atoms with van der Waals surface area (Å²) in [4.78, 5) is 10.1. The van der Waals surface area contributed by atoms with Crippen LogP contribution in [0.5, 0.6) is 0 Å². The molecule has 1 rings (SSSR count). The molecule has 0 spiro atoms. The Kier molecular flexibility index (Phi) is 3.43. The van der Waals surface area contributed by atoms with Gasteiger partial charge < -0.3 is 10.1 Å². The van der Waals surface area contributed by atoms with E-state index in [9.17, 15) is 9.18 Å². The first kappa shape index (κ1) is 9.71. The molecule has 0 radical (unpaired) electrons. The summed E-state index contributed by atoms with van der Waals surface area (Å²) in [5, 5.41) is 2.91. The van der Waals surface area contributed by atoms with Crippen LogP contribution in [-0.4, -0.2) is 12.8 Å². The highest BCUT2D eigenvalue weighted by Gasteiger charge is 2.00. The molecule has 0 aliphatic rings. The standard InChI is InChI=1S/C10H12FNO/c1-2-8-7-9(11)3-4-10(8)12-5-6-13/h3-4,6-7,12H,2,5H2,1H3. The second-order valence-electron chi connectivity index (χ2n) is 2.70. The molecule has 0 heterocycles. The van der Waals surface area contributed by atoms with Gasteiger partial charge in [0.05, 0.1) is 6.54 Å². The molecule has 1 N–H and O–H groups in total. The van der Waals surface area contributed by atoms with Crippen LogP contribution in [0.4, 0.5) is 10.1 Å². The number of aldehydes is 1. The minimum Gasteiger partial charge on any atom is -0.378 e. The van der Waals surface area contributed by atoms with E-state index in [0.29, 0.717) is 0 Å². The quantitative estimate of drug-likeness (QED) is 0.720. The number of benzene rings is 1. The molecule has 70 valence electrons. The van der Waals surface area contributed by atoms with E-state index >= 15 is 0 Å². The van der Waals surface area contributed by atoms with Crippen molar-refractivity contribution in [2.24, 2.45) is 0 Å². The van der Waals surface area contributed by atoms with Crippen LogP contribution in [0.25, 0.3) is 0 Å². The Hall–Kier alpha value is -1.38. The molecule has 0 fully saturated rings. The molecular formula is C10H12FNO. The van der Waals surface area contributed by atoms with Crippen molar-refractivity contribution in [1.29, 1.82) is 0 Å². The van der Waals surface area contributed by atoms with E-state index in [-0.39, 0.29) is 12.4 Å². The molecule has 2 nitrogen and oxygen atoms in total. The number of rotatable bonds is 4. The number of aryl methyl sites for hydroxylation is 1. The van der Waals surface area contributed by atoms with Crippen molar-refractivity contribution in [1.82, 2.24) is 0 Å². The van der Waals surface area contributed by atoms with Gasteiger partial charge in [-0.15, -0.1) is 0 Å². The molecule has 0 aliphatic carbocycles. The third-order valence-electron chi connectivity index (χ3n) is 1.82. The predicted molar refractivity (Wildman–Crippen MR) is 50.3 cm³/mol. The summed E-state index contributed by atoms with van der Waals surface area (Å²) in [5.74, 6) is -0.242. The number of halogens is 1. The lowest BCUT2D eigenvalue weighted by Crippen LogP contribution is -2.04. The van der Waals surface area contributed by atoms with Crippen LogP contribution in [0.3, 0.4) is 0 Å². The zero-order valence-electron chi connectivity index (χ0n) is 7.51. The van der Waals surface area contributed by atoms with Crippen LogP contribution < -0.4 is 5.32 Å². The van der Waals surface area contributed by atoms with Crippen LogP contribution >= 0.6 is 0 Å². The number of hydrogen-bond donors (Lipinski definition) is 1. The van der Waals surface area contributed by atoms with E-state index in [0.717, 1.165) is 24.0 Å². The minimum absolute atomic E-state index is 0.242. The summed E-state index contributed by atoms with van der Waals surface area (Å²) in [5.41, 5.74) is 1.72. The summed E-state index contributed by atoms with van der Waals surface area (Å²) in [6.07, 6.45) is 1.53. The van der Waals surface area contributed by atoms with Gasteiger partial charge in [0.25, 0.3) is 0 Å². The molecule has 0 saturated carbocycles. The lowest BCUT2D eigenvalue weighted by Gasteiger charge is -2.07. The first-order chi connectivity index (χ1) is 6.27. The zero-order valence-corrected chi connectivity index (χ0v) is 7.51. The van der Waals surface area contributed by atoms with Crippen molar-refractivity contribution in [2.45, 2.75) is 13.3 Å². The molecule has 0 aliphatic heterocycles. The van der Waals surface area contributed by atoms with E-state index in [4.69, 9.17) is 0 Å². The summed E-state index contributed by atoms with van der Waals surface area (Å²) in [6, 6.07) is 4.51. The molecule has 0 atom stereocenters. The van der Waals surface area contributed by atoms with Crippen LogP contribution in [0, 0.1) is 5.82 Å². The van der Waals surface area contributed by atoms with Crippen molar-refractivity contribution in [3.63, 3.8) is 0 Å². The minimum atomic E-state index is -0.242. The maximum Gasteiger partial charge on any atom is 0.139 e. The largest absolute Gasteiger partial charge is 0.378 e. The molecule has 0 amide bonds. The van der Waals surface area contributed by atoms with E-state index in [1.807, 2.05) is 6.92 Å². The van der Waals surface area contributed by atoms with Gasteiger partial charge in [-0.2, -0.15) is 0 Å². The van der Waals surface area contributed by atoms with Gasteiger partial charge in [-0.25, -0.2) is 4.39 Å². The van der Waals surface area contributed by atoms with Gasteiger partial charge >= 0.3 is 0 Å². The highest BCUT2D eigenvalue weighted by atomic mass is 19.1. The number of hydrogen-bond acceptors (Lipinski definition) is 2. The highest BCUT2D eigenvalue weighted by Crippen LogP contribution is 2.16. The van der Waals surface area contributed by atoms with Crippen LogP contribution in [0.15, 0.2) is 18.2 Å². The van der Waals surface area contributed by atoms with Gasteiger partial charge in [0.2, 0.25) is 0 Å². The van der Waals surface area contributed by atoms with Gasteiger partial charge in [-0.05, 0) is 30.2 Å². The Morgan fingerprint density at radius 2 is 2.31 bits per heavy atom. The van der Waals surface area contributed by atoms with Gasteiger partial charge in [-0.1, -0.05) is 6.92 Å². The lowest BCUT2D eigenvalue weighted by atomic mass is 10.1. The second-order valence-corrected chi connectivity index (χ2v) is 2.70. The first-order valence-corrected chi connectivity index (χ1v) is 4.24. The summed E-state index contributed by atoms with van der Waals surface area (Å²) < 4.78 is 12.8. The molecule has 1 aromatic carbocycles. The molecule has 0 saturated heterocycles. The Morgan fingerprint density at radius 3 is 2.92 bits per heavy atom. The summed E-state index contributed by atoms with van der Waals surface area (Å²) in [6.45, 7) is 2.21. The Bertz CT molecular complexity index is 299. The molecule has 1 aromatic rings. The Labute approximate surface area is 76.8 Å². The topological polar surface area (TPSA) is 29.1 Å². The molecule has 13 heavy (non-hydrogen) atoms. The fourth-order valence-electron chi connectivity index (χ4n) is 1.18. The van der Waals surface area contributed by atoms with E-state index in [2.05, 4.69) is 5.32 Å². The van der Waals surface area contributed by atoms with Crippen molar-refractivity contribution in [3.8, 4) is 0 Å². The number of anilines is 1. The van der Waals surface area contributed by atoms with Gasteiger partial charge in [0.1, 0.15) is 12.1 Å². The Morgan fingerprint density at radius 1 is 1.54 bits per heavy atom. The second kappa shape index (κ2) is 4.60. The fourth-order valence-corrected chi connectivity index (χ4v) is 1.18. The van der Waals surface area contributed by atoms with Crippen molar-refractivity contribution >= 4 is 12.0 Å². The molecule has 0 unspecified atom stereocenters. The van der Waals surface area contributed by atoms with Crippen molar-refractivity contribution in [3.05, 3.63) is 29.6 Å². The van der Waals surface area contributed by atoms with Crippen LogP contribution in [-0.2, 0) is 11.2 Å². The van der Waals surface area contributed by atoms with E-state index < -0.39 is 0 Å². The zero-order chi connectivity index (χ0) is 9.68. The summed E-state index contributed by atoms with van der Waals surface area (Å²) >= 11 is 0. The number of nitrogens with one attached hydrogen (secondary N) is 1. The maximum absolute atomic E-state index is 12.8. The summed E-state index contributed by atoms with van der Waals surface area (Å²) in [7, 11) is 0. The maximum atomic E-state index is 12.8. The smallest absolute Gasteiger partial charge is 0.139 e. The van der Waals surface area contributed by atoms with E-state index in [1.54, 1.807) is 6.07 Å². The van der Waals surface area contributed by atoms with Gasteiger partial charge in [-0.3, -0.25) is 0 Å². The van der Waals surface area contributed by atoms with Gasteiger partial charge in [0, 0.05) is 5.69 Å². The molecule has 0 aromatic heterocycles. The monoisotopic (exact) mass is 181 g/mol. The third kappa shape index (κ3) is 2.54. The average Bonchev–Trinajstić information content (AvgIpc) is 2.16. The van der Waals surface area contributed by atoms with Crippen molar-refractivity contribution in [2.75, 3.05) is 11.9 Å². The third-order valence-corrected chi connectivity index (χ3v) is 1.82. The number of carbonyl (C=O) groups is 1. The van der Waals surface area contributed by atoms with Crippen LogP contribution in [0.2, 0.25) is 0 Å². The predicted octanol–water partition coefficient (Wildman–Crippen LogP) is 2.00. The first-order valence-electron chi connectivity index (χ1n) is 4.24. The van der Waals surface area contributed by atoms with Crippen molar-refractivity contribution < 1.29 is 9.18 Å². The number of carbonyl (C=O) groups excluding carboxylic acids is 1. The van der Waals surface area contributed by atoms with E-state index in [1.165, 1.54) is 12.1 Å². The highest BCUT2D eigenvalue weighted by molar-refractivity contribution is 5.61.